The van der Waals surface area contributed by atoms with E-state index in [4.69, 9.17) is 54.0 Å². The fourth-order valence-electron chi connectivity index (χ4n) is 4.87. The van der Waals surface area contributed by atoms with Crippen molar-refractivity contribution in [3.63, 3.8) is 0 Å². The van der Waals surface area contributed by atoms with Crippen LogP contribution in [0.4, 0.5) is 0 Å². The fraction of sp³-hybridized carbons (Fsp3) is 0.206. The van der Waals surface area contributed by atoms with Gasteiger partial charge in [0.05, 0.1) is 41.4 Å². The second kappa shape index (κ2) is 13.3. The summed E-state index contributed by atoms with van der Waals surface area (Å²) in [5, 5.41) is 6.38. The first-order valence-electron chi connectivity index (χ1n) is 13.8. The number of para-hydroxylation sites is 1. The van der Waals surface area contributed by atoms with E-state index >= 15 is 0 Å². The zero-order chi connectivity index (χ0) is 31.5. The third kappa shape index (κ3) is 6.41. The van der Waals surface area contributed by atoms with E-state index in [0.29, 0.717) is 48.9 Å². The van der Waals surface area contributed by atoms with Crippen LogP contribution in [0.5, 0.6) is 17.2 Å². The second-order valence-electron chi connectivity index (χ2n) is 10.4. The van der Waals surface area contributed by atoms with Gasteiger partial charge in [0.15, 0.2) is 17.3 Å². The van der Waals surface area contributed by atoms with E-state index in [2.05, 4.69) is 18.9 Å². The molecule has 0 saturated carbocycles. The van der Waals surface area contributed by atoms with Crippen molar-refractivity contribution in [3.05, 3.63) is 114 Å². The fourth-order valence-corrected chi connectivity index (χ4v) is 5.41. The topological polar surface area (TPSA) is 74.9 Å². The van der Waals surface area contributed by atoms with Gasteiger partial charge in [-0.25, -0.2) is 4.98 Å². The molecule has 0 N–H and O–H groups in total. The van der Waals surface area contributed by atoms with Gasteiger partial charge in [-0.1, -0.05) is 66.8 Å². The van der Waals surface area contributed by atoms with Crippen LogP contribution in [0.1, 0.15) is 42.0 Å². The van der Waals surface area contributed by atoms with E-state index in [0.717, 1.165) is 28.0 Å². The van der Waals surface area contributed by atoms with Crippen molar-refractivity contribution in [1.82, 2.24) is 9.66 Å². The molecule has 0 atom stereocenters. The van der Waals surface area contributed by atoms with Gasteiger partial charge in [-0.15, -0.1) is 0 Å². The molecule has 0 unspecified atom stereocenters. The van der Waals surface area contributed by atoms with Crippen LogP contribution in [0.15, 0.2) is 76.6 Å². The van der Waals surface area contributed by atoms with Gasteiger partial charge < -0.3 is 14.2 Å². The van der Waals surface area contributed by atoms with Crippen LogP contribution in [-0.4, -0.2) is 30.1 Å². The van der Waals surface area contributed by atoms with Crippen molar-refractivity contribution < 1.29 is 14.2 Å². The minimum Gasteiger partial charge on any atom is -0.496 e. The Morgan fingerprint density at radius 2 is 1.68 bits per heavy atom. The highest BCUT2D eigenvalue weighted by atomic mass is 35.5. The molecule has 0 fully saturated rings. The third-order valence-electron chi connectivity index (χ3n) is 7.14. The van der Waals surface area contributed by atoms with Crippen LogP contribution in [0.2, 0.25) is 15.1 Å². The quantitative estimate of drug-likeness (QED) is 0.149. The Morgan fingerprint density at radius 1 is 0.932 bits per heavy atom. The predicted octanol–water partition coefficient (Wildman–Crippen LogP) is 8.93. The lowest BCUT2D eigenvalue weighted by Crippen LogP contribution is -2.21. The van der Waals surface area contributed by atoms with Gasteiger partial charge in [-0.05, 0) is 72.0 Å². The van der Waals surface area contributed by atoms with Crippen LogP contribution >= 0.6 is 34.8 Å². The smallest absolute Gasteiger partial charge is 0.282 e. The van der Waals surface area contributed by atoms with E-state index in [1.54, 1.807) is 43.5 Å². The van der Waals surface area contributed by atoms with Crippen LogP contribution in [0, 0.1) is 6.92 Å². The Morgan fingerprint density at radius 3 is 2.39 bits per heavy atom. The van der Waals surface area contributed by atoms with Gasteiger partial charge in [0, 0.05) is 22.2 Å². The number of hydrogen-bond donors (Lipinski definition) is 0. The normalized spacial score (nSPS) is 11.5. The van der Waals surface area contributed by atoms with E-state index < -0.39 is 0 Å². The Kier molecular flexibility index (Phi) is 9.49. The summed E-state index contributed by atoms with van der Waals surface area (Å²) < 4.78 is 18.7. The number of halogens is 3. The highest BCUT2D eigenvalue weighted by Gasteiger charge is 2.19. The molecule has 0 aliphatic rings. The molecule has 226 valence electrons. The highest BCUT2D eigenvalue weighted by molar-refractivity contribution is 6.42. The van der Waals surface area contributed by atoms with Gasteiger partial charge >= 0.3 is 0 Å². The summed E-state index contributed by atoms with van der Waals surface area (Å²) in [6.07, 6.45) is 1.52. The minimum atomic E-state index is -0.324. The molecule has 0 amide bonds. The average molecular weight is 651 g/mol. The number of nitrogens with zero attached hydrogens (tertiary/aromatic N) is 3. The van der Waals surface area contributed by atoms with Gasteiger partial charge in [0.25, 0.3) is 5.56 Å². The molecule has 0 radical (unpaired) electrons. The Balaban J connectivity index is 1.67. The maximum atomic E-state index is 13.9. The lowest BCUT2D eigenvalue weighted by atomic mass is 9.96. The number of methoxy groups -OCH3 is 2. The van der Waals surface area contributed by atoms with Crippen LogP contribution in [-0.2, 0) is 6.61 Å². The molecule has 0 saturated heterocycles. The van der Waals surface area contributed by atoms with Crippen molar-refractivity contribution in [2.45, 2.75) is 33.3 Å². The standard InChI is InChI=1S/C34H30Cl3N3O4/c1-19(2)25-16-26(20(3)12-30(25)42-4)33-39-29-9-7-6-8-24(29)34(41)40(33)38-17-22-14-23(35)15-31(43-5)32(22)44-18-21-10-11-27(36)28(37)13-21/h6-17,19H,18H2,1-5H3. The molecule has 5 aromatic rings. The molecule has 4 aromatic carbocycles. The summed E-state index contributed by atoms with van der Waals surface area (Å²) in [6, 6.07) is 19.7. The molecule has 0 bridgehead atoms. The van der Waals surface area contributed by atoms with E-state index in [1.807, 2.05) is 37.3 Å². The second-order valence-corrected chi connectivity index (χ2v) is 11.7. The van der Waals surface area contributed by atoms with Crippen LogP contribution in [0.3, 0.4) is 0 Å². The maximum Gasteiger partial charge on any atom is 0.282 e. The third-order valence-corrected chi connectivity index (χ3v) is 8.10. The van der Waals surface area contributed by atoms with Gasteiger partial charge in [0.1, 0.15) is 12.4 Å². The van der Waals surface area contributed by atoms with Crippen molar-refractivity contribution >= 4 is 51.9 Å². The first kappa shape index (κ1) is 31.4. The Hall–Kier alpha value is -4.04. The number of ether oxygens (including phenoxy) is 3. The average Bonchev–Trinajstić information content (AvgIpc) is 3.01. The number of rotatable bonds is 9. The van der Waals surface area contributed by atoms with E-state index in [-0.39, 0.29) is 18.1 Å². The van der Waals surface area contributed by atoms with Gasteiger partial charge in [-0.2, -0.15) is 9.78 Å². The first-order valence-corrected chi connectivity index (χ1v) is 14.9. The molecular weight excluding hydrogens is 621 g/mol. The SMILES string of the molecule is COc1cc(C)c(-c2nc3ccccc3c(=O)n2N=Cc2cc(Cl)cc(OC)c2OCc2ccc(Cl)c(Cl)c2)cc1C(C)C. The number of aromatic nitrogens is 2. The number of aryl methyl sites for hydroxylation is 1. The Labute approximate surface area is 270 Å². The molecule has 0 aliphatic carbocycles. The minimum absolute atomic E-state index is 0.168. The van der Waals surface area contributed by atoms with Crippen molar-refractivity contribution in [3.8, 4) is 28.6 Å². The molecule has 10 heteroatoms. The van der Waals surface area contributed by atoms with Crippen molar-refractivity contribution in [1.29, 1.82) is 0 Å². The molecule has 0 spiro atoms. The van der Waals surface area contributed by atoms with Gasteiger partial charge in [0.2, 0.25) is 0 Å². The molecule has 1 aromatic heterocycles. The van der Waals surface area contributed by atoms with E-state index in [9.17, 15) is 4.79 Å². The molecule has 44 heavy (non-hydrogen) atoms. The summed E-state index contributed by atoms with van der Waals surface area (Å²) in [4.78, 5) is 18.8. The largest absolute Gasteiger partial charge is 0.496 e. The van der Waals surface area contributed by atoms with Crippen molar-refractivity contribution in [2.75, 3.05) is 14.2 Å². The number of hydrogen-bond acceptors (Lipinski definition) is 6. The summed E-state index contributed by atoms with van der Waals surface area (Å²) in [6.45, 7) is 6.29. The molecule has 7 nitrogen and oxygen atoms in total. The van der Waals surface area contributed by atoms with Crippen LogP contribution in [0.25, 0.3) is 22.3 Å². The first-order chi connectivity index (χ1) is 21.1. The molecule has 0 aliphatic heterocycles. The monoisotopic (exact) mass is 649 g/mol. The predicted molar refractivity (Wildman–Crippen MR) is 179 cm³/mol. The summed E-state index contributed by atoms with van der Waals surface area (Å²) in [5.74, 6) is 2.12. The van der Waals surface area contributed by atoms with Crippen LogP contribution < -0.4 is 19.8 Å². The molecule has 5 rings (SSSR count). The summed E-state index contributed by atoms with van der Waals surface area (Å²) in [7, 11) is 3.17. The molecule has 1 heterocycles. The lowest BCUT2D eigenvalue weighted by molar-refractivity contribution is 0.284. The summed E-state index contributed by atoms with van der Waals surface area (Å²) >= 11 is 18.7. The van der Waals surface area contributed by atoms with Gasteiger partial charge in [-0.3, -0.25) is 4.79 Å². The van der Waals surface area contributed by atoms with Crippen molar-refractivity contribution in [2.24, 2.45) is 5.10 Å². The zero-order valence-corrected chi connectivity index (χ0v) is 27.1. The number of fused-ring (bicyclic) bond motifs is 1. The van der Waals surface area contributed by atoms with E-state index in [1.165, 1.54) is 18.0 Å². The summed E-state index contributed by atoms with van der Waals surface area (Å²) in [5.41, 5.74) is 4.17. The number of benzene rings is 4. The maximum absolute atomic E-state index is 13.9. The lowest BCUT2D eigenvalue weighted by Gasteiger charge is -2.17. The zero-order valence-electron chi connectivity index (χ0n) is 24.8. The molecular formula is C34H30Cl3N3O4. The Bertz CT molecular complexity index is 1950. The highest BCUT2D eigenvalue weighted by Crippen LogP contribution is 2.36.